The van der Waals surface area contributed by atoms with E-state index in [9.17, 15) is 0 Å². The second kappa shape index (κ2) is 19.9. The predicted octanol–water partition coefficient (Wildman–Crippen LogP) is 10.1. The highest BCUT2D eigenvalue weighted by Gasteiger charge is 2.44. The molecular formula is C52H48P4Si. The Bertz CT molecular complexity index is 1850. The molecule has 0 spiro atoms. The molecular weight excluding hydrogens is 777 g/mol. The van der Waals surface area contributed by atoms with Crippen LogP contribution in [-0.4, -0.2) is 31.2 Å². The average molecular weight is 825 g/mol. The molecule has 0 nitrogen and oxygen atoms in total. The summed E-state index contributed by atoms with van der Waals surface area (Å²) in [4.78, 5) is 0. The molecule has 0 radical (unpaired) electrons. The predicted molar refractivity (Wildman–Crippen MR) is 262 cm³/mol. The standard InChI is InChI=1S/C52H48P4Si/c1-9-25-45(26-10-1)53(46-27-11-2-12-28-46)41-57(42-54(47-29-13-3-14-30-47)48-31-15-4-16-32-48,43-55(49-33-17-5-18-34-49)50-35-19-6-20-36-50)44-56(51-37-21-7-22-38-51)52-39-23-8-24-40-52/h1-40H,41-44H2. The molecule has 8 aromatic carbocycles. The third-order valence-corrected chi connectivity index (χ3v) is 33.7. The lowest BCUT2D eigenvalue weighted by molar-refractivity contribution is 1.55. The van der Waals surface area contributed by atoms with Gasteiger partial charge in [0.15, 0.2) is 0 Å². The highest BCUT2D eigenvalue weighted by Crippen LogP contribution is 2.51. The van der Waals surface area contributed by atoms with Gasteiger partial charge in [-0.15, -0.1) is 0 Å². The van der Waals surface area contributed by atoms with E-state index in [0.29, 0.717) is 0 Å². The number of benzene rings is 8. The van der Waals surface area contributed by atoms with Crippen molar-refractivity contribution in [2.24, 2.45) is 0 Å². The van der Waals surface area contributed by atoms with Crippen LogP contribution in [0, 0.1) is 0 Å². The number of hydrogen-bond donors (Lipinski definition) is 0. The molecule has 57 heavy (non-hydrogen) atoms. The first-order valence-electron chi connectivity index (χ1n) is 19.8. The lowest BCUT2D eigenvalue weighted by Gasteiger charge is -2.43. The molecule has 0 heterocycles. The van der Waals surface area contributed by atoms with Crippen molar-refractivity contribution in [2.75, 3.05) is 23.1 Å². The fourth-order valence-corrected chi connectivity index (χ4v) is 37.7. The molecule has 0 amide bonds. The van der Waals surface area contributed by atoms with Gasteiger partial charge in [-0.2, -0.15) is 0 Å². The molecule has 8 aromatic rings. The van der Waals surface area contributed by atoms with Crippen molar-refractivity contribution in [3.63, 3.8) is 0 Å². The van der Waals surface area contributed by atoms with Crippen LogP contribution >= 0.6 is 31.7 Å². The molecule has 0 saturated heterocycles. The molecule has 0 bridgehead atoms. The molecule has 8 rings (SSSR count). The summed E-state index contributed by atoms with van der Waals surface area (Å²) in [6.07, 6.45) is 0. The quantitative estimate of drug-likeness (QED) is 0.0673. The summed E-state index contributed by atoms with van der Waals surface area (Å²) < 4.78 is 0. The Labute approximate surface area is 346 Å². The monoisotopic (exact) mass is 824 g/mol. The SMILES string of the molecule is c1ccc(P(C[Si](CP(c2ccccc2)c2ccccc2)(CP(c2ccccc2)c2ccccc2)CP(c2ccccc2)c2ccccc2)c2ccccc2)cc1. The molecule has 0 aliphatic rings. The van der Waals surface area contributed by atoms with Crippen LogP contribution in [0.25, 0.3) is 0 Å². The van der Waals surface area contributed by atoms with E-state index >= 15 is 0 Å². The molecule has 5 heteroatoms. The lowest BCUT2D eigenvalue weighted by Crippen LogP contribution is -2.54. The lowest BCUT2D eigenvalue weighted by atomic mass is 10.4. The van der Waals surface area contributed by atoms with Crippen molar-refractivity contribution in [1.82, 2.24) is 0 Å². The van der Waals surface area contributed by atoms with Crippen LogP contribution in [0.1, 0.15) is 0 Å². The third-order valence-electron chi connectivity index (χ3n) is 10.5. The van der Waals surface area contributed by atoms with Gasteiger partial charge in [-0.25, -0.2) is 0 Å². The summed E-state index contributed by atoms with van der Waals surface area (Å²) in [5, 5.41) is 11.9. The van der Waals surface area contributed by atoms with Gasteiger partial charge in [0.1, 0.15) is 0 Å². The molecule has 0 saturated carbocycles. The molecule has 280 valence electrons. The Balaban J connectivity index is 1.40. The van der Waals surface area contributed by atoms with Crippen molar-refractivity contribution in [1.29, 1.82) is 0 Å². The Morgan fingerprint density at radius 3 is 0.439 bits per heavy atom. The third kappa shape index (κ3) is 10.2. The van der Waals surface area contributed by atoms with E-state index in [0.717, 1.165) is 0 Å². The minimum atomic E-state index is -2.39. The van der Waals surface area contributed by atoms with E-state index in [2.05, 4.69) is 243 Å². The maximum absolute atomic E-state index is 2.42. The van der Waals surface area contributed by atoms with Gasteiger partial charge >= 0.3 is 0 Å². The summed E-state index contributed by atoms with van der Waals surface area (Å²) in [7, 11) is -5.00. The van der Waals surface area contributed by atoms with Crippen LogP contribution in [-0.2, 0) is 0 Å². The number of rotatable bonds is 16. The molecule has 0 aliphatic heterocycles. The van der Waals surface area contributed by atoms with Gasteiger partial charge in [0.25, 0.3) is 0 Å². The van der Waals surface area contributed by atoms with Crippen LogP contribution < -0.4 is 42.4 Å². The van der Waals surface area contributed by atoms with E-state index in [-0.39, 0.29) is 0 Å². The largest absolute Gasteiger partial charge is 0.0731 e. The highest BCUT2D eigenvalue weighted by atomic mass is 31.1. The molecule has 0 aromatic heterocycles. The summed E-state index contributed by atoms with van der Waals surface area (Å²) in [6, 6.07) is 92.4. The van der Waals surface area contributed by atoms with Crippen molar-refractivity contribution < 1.29 is 0 Å². The van der Waals surface area contributed by atoms with Crippen LogP contribution in [0.5, 0.6) is 0 Å². The van der Waals surface area contributed by atoms with Crippen molar-refractivity contribution in [3.8, 4) is 0 Å². The first kappa shape index (κ1) is 39.5. The maximum Gasteiger partial charge on any atom is 0.0731 e. The minimum absolute atomic E-state index is 0.651. The topological polar surface area (TPSA) is 0 Å². The van der Waals surface area contributed by atoms with E-state index in [4.69, 9.17) is 0 Å². The zero-order chi connectivity index (χ0) is 38.5. The van der Waals surface area contributed by atoms with Gasteiger partial charge in [-0.1, -0.05) is 243 Å². The van der Waals surface area contributed by atoms with Gasteiger partial charge in [0, 0.05) is 0 Å². The van der Waals surface area contributed by atoms with Crippen molar-refractivity contribution >= 4 is 82.2 Å². The van der Waals surface area contributed by atoms with Gasteiger partial charge < -0.3 is 0 Å². The summed E-state index contributed by atoms with van der Waals surface area (Å²) >= 11 is 0. The zero-order valence-corrected chi connectivity index (χ0v) is 36.8. The van der Waals surface area contributed by atoms with Crippen LogP contribution in [0.3, 0.4) is 0 Å². The second-order valence-corrected chi connectivity index (χ2v) is 30.1. The Hall–Kier alpha value is -4.30. The van der Waals surface area contributed by atoms with Gasteiger partial charge in [-0.05, 0) is 97.3 Å². The van der Waals surface area contributed by atoms with Gasteiger partial charge in [0.2, 0.25) is 0 Å². The summed E-state index contributed by atoms with van der Waals surface area (Å²) in [6.45, 7) is 0. The van der Waals surface area contributed by atoms with Crippen LogP contribution in [0.4, 0.5) is 0 Å². The Morgan fingerprint density at radius 1 is 0.193 bits per heavy atom. The highest BCUT2D eigenvalue weighted by molar-refractivity contribution is 7.83. The minimum Gasteiger partial charge on any atom is -0.0622 e. The Morgan fingerprint density at radius 2 is 0.316 bits per heavy atom. The van der Waals surface area contributed by atoms with Crippen LogP contribution in [0.15, 0.2) is 243 Å². The van der Waals surface area contributed by atoms with Crippen molar-refractivity contribution in [2.45, 2.75) is 0 Å². The Kier molecular flexibility index (Phi) is 13.8. The second-order valence-electron chi connectivity index (χ2n) is 14.5. The van der Waals surface area contributed by atoms with E-state index in [1.165, 1.54) is 65.6 Å². The maximum atomic E-state index is 2.42. The average Bonchev–Trinajstić information content (AvgIpc) is 3.31. The molecule has 0 aliphatic carbocycles. The first-order chi connectivity index (χ1) is 28.2. The molecule has 0 atom stereocenters. The fourth-order valence-electron chi connectivity index (χ4n) is 7.83. The smallest absolute Gasteiger partial charge is 0.0622 e. The van der Waals surface area contributed by atoms with Gasteiger partial charge in [-0.3, -0.25) is 0 Å². The summed E-state index contributed by atoms with van der Waals surface area (Å²) in [5.74, 6) is 4.97. The summed E-state index contributed by atoms with van der Waals surface area (Å²) in [5.41, 5.74) is 0. The zero-order valence-electron chi connectivity index (χ0n) is 32.2. The molecule has 0 fully saturated rings. The van der Waals surface area contributed by atoms with E-state index < -0.39 is 39.8 Å². The number of hydrogen-bond acceptors (Lipinski definition) is 0. The first-order valence-corrected chi connectivity index (χ1v) is 28.7. The van der Waals surface area contributed by atoms with E-state index in [1.807, 2.05) is 0 Å². The molecule has 0 N–H and O–H groups in total. The normalized spacial score (nSPS) is 11.7. The fraction of sp³-hybridized carbons (Fsp3) is 0.0769. The van der Waals surface area contributed by atoms with E-state index in [1.54, 1.807) is 0 Å². The molecule has 0 unspecified atom stereocenters. The van der Waals surface area contributed by atoms with Gasteiger partial charge in [0.05, 0.1) is 8.07 Å². The van der Waals surface area contributed by atoms with Crippen LogP contribution in [0.2, 0.25) is 0 Å². The van der Waals surface area contributed by atoms with Crippen molar-refractivity contribution in [3.05, 3.63) is 243 Å².